The van der Waals surface area contributed by atoms with Crippen LogP contribution >= 0.6 is 0 Å². The Kier molecular flexibility index (Phi) is 3.52. The second-order valence-electron chi connectivity index (χ2n) is 6.80. The van der Waals surface area contributed by atoms with Gasteiger partial charge in [0.05, 0.1) is 0 Å². The van der Waals surface area contributed by atoms with E-state index in [1.54, 1.807) is 0 Å². The van der Waals surface area contributed by atoms with E-state index in [4.69, 9.17) is 0 Å². The highest BCUT2D eigenvalue weighted by Gasteiger charge is 2.39. The molecule has 0 bridgehead atoms. The molecule has 0 aromatic carbocycles. The highest BCUT2D eigenvalue weighted by Crippen LogP contribution is 2.48. The molecule has 0 heterocycles. The Balaban J connectivity index is 2.62. The van der Waals surface area contributed by atoms with Gasteiger partial charge < -0.3 is 5.32 Å². The summed E-state index contributed by atoms with van der Waals surface area (Å²) in [7, 11) is 0. The summed E-state index contributed by atoms with van der Waals surface area (Å²) in [5.74, 6) is 0.852. The molecule has 0 aliphatic heterocycles. The SMILES string of the molecule is C=C(C)NCC1(C)CC(C)CC(C)(C)C1. The molecule has 1 saturated carbocycles. The first-order valence-electron chi connectivity index (χ1n) is 6.12. The van der Waals surface area contributed by atoms with E-state index in [0.717, 1.165) is 18.2 Å². The van der Waals surface area contributed by atoms with Gasteiger partial charge in [-0.15, -0.1) is 0 Å². The van der Waals surface area contributed by atoms with Crippen molar-refractivity contribution in [2.24, 2.45) is 16.7 Å². The Labute approximate surface area is 95.3 Å². The van der Waals surface area contributed by atoms with Crippen LogP contribution in [0.5, 0.6) is 0 Å². The van der Waals surface area contributed by atoms with Gasteiger partial charge in [0.1, 0.15) is 0 Å². The lowest BCUT2D eigenvalue weighted by atomic mass is 9.61. The zero-order valence-corrected chi connectivity index (χ0v) is 11.1. The number of allylic oxidation sites excluding steroid dienone is 1. The molecule has 1 aliphatic carbocycles. The Morgan fingerprint density at radius 1 is 1.33 bits per heavy atom. The first-order valence-corrected chi connectivity index (χ1v) is 6.12. The van der Waals surface area contributed by atoms with Crippen LogP contribution < -0.4 is 5.32 Å². The Bertz CT molecular complexity index is 242. The molecule has 0 spiro atoms. The van der Waals surface area contributed by atoms with Crippen molar-refractivity contribution in [2.75, 3.05) is 6.54 Å². The third-order valence-corrected chi connectivity index (χ3v) is 3.46. The fraction of sp³-hybridized carbons (Fsp3) is 0.857. The molecule has 15 heavy (non-hydrogen) atoms. The van der Waals surface area contributed by atoms with Crippen LogP contribution in [0.15, 0.2) is 12.3 Å². The predicted molar refractivity (Wildman–Crippen MR) is 67.7 cm³/mol. The van der Waals surface area contributed by atoms with Gasteiger partial charge in [-0.05, 0) is 42.9 Å². The van der Waals surface area contributed by atoms with Crippen LogP contribution in [0.4, 0.5) is 0 Å². The first-order chi connectivity index (χ1) is 6.72. The summed E-state index contributed by atoms with van der Waals surface area (Å²) in [6, 6.07) is 0. The minimum absolute atomic E-state index is 0.445. The largest absolute Gasteiger partial charge is 0.388 e. The average Bonchev–Trinajstić information content (AvgIpc) is 1.96. The fourth-order valence-electron chi connectivity index (χ4n) is 3.66. The van der Waals surface area contributed by atoms with Crippen LogP contribution in [-0.2, 0) is 0 Å². The molecule has 1 nitrogen and oxygen atoms in total. The number of hydrogen-bond donors (Lipinski definition) is 1. The van der Waals surface area contributed by atoms with Crippen molar-refractivity contribution in [3.05, 3.63) is 12.3 Å². The van der Waals surface area contributed by atoms with E-state index in [9.17, 15) is 0 Å². The molecule has 1 N–H and O–H groups in total. The topological polar surface area (TPSA) is 12.0 Å². The summed E-state index contributed by atoms with van der Waals surface area (Å²) in [4.78, 5) is 0. The van der Waals surface area contributed by atoms with E-state index in [-0.39, 0.29) is 0 Å². The van der Waals surface area contributed by atoms with Crippen molar-refractivity contribution in [3.8, 4) is 0 Å². The third kappa shape index (κ3) is 3.89. The lowest BCUT2D eigenvalue weighted by molar-refractivity contribution is 0.0627. The summed E-state index contributed by atoms with van der Waals surface area (Å²) in [5, 5.41) is 3.42. The second-order valence-corrected chi connectivity index (χ2v) is 6.80. The smallest absolute Gasteiger partial charge is 0.0197 e. The van der Waals surface area contributed by atoms with Crippen molar-refractivity contribution >= 4 is 0 Å². The lowest BCUT2D eigenvalue weighted by Gasteiger charge is -2.46. The molecule has 1 fully saturated rings. The predicted octanol–water partition coefficient (Wildman–Crippen LogP) is 3.96. The van der Waals surface area contributed by atoms with Crippen molar-refractivity contribution in [1.82, 2.24) is 5.32 Å². The molecule has 1 heteroatoms. The molecule has 2 unspecified atom stereocenters. The van der Waals surface area contributed by atoms with Gasteiger partial charge in [-0.25, -0.2) is 0 Å². The standard InChI is InChI=1S/C14H27N/c1-11(2)15-10-14(6)8-12(3)7-13(4,5)9-14/h12,15H,1,7-10H2,2-6H3. The number of nitrogens with one attached hydrogen (secondary N) is 1. The van der Waals surface area contributed by atoms with E-state index < -0.39 is 0 Å². The minimum atomic E-state index is 0.445. The van der Waals surface area contributed by atoms with Crippen molar-refractivity contribution in [2.45, 2.75) is 53.9 Å². The Hall–Kier alpha value is -0.460. The molecule has 0 saturated heterocycles. The van der Waals surface area contributed by atoms with Gasteiger partial charge in [0.2, 0.25) is 0 Å². The van der Waals surface area contributed by atoms with E-state index >= 15 is 0 Å². The molecular formula is C14H27N. The molecule has 88 valence electrons. The van der Waals surface area contributed by atoms with Crippen LogP contribution in [0.25, 0.3) is 0 Å². The van der Waals surface area contributed by atoms with Gasteiger partial charge >= 0.3 is 0 Å². The average molecular weight is 209 g/mol. The zero-order chi connectivity index (χ0) is 11.7. The molecular weight excluding hydrogens is 182 g/mol. The number of hydrogen-bond acceptors (Lipinski definition) is 1. The van der Waals surface area contributed by atoms with Crippen molar-refractivity contribution in [1.29, 1.82) is 0 Å². The van der Waals surface area contributed by atoms with Gasteiger partial charge in [0.15, 0.2) is 0 Å². The quantitative estimate of drug-likeness (QED) is 0.742. The normalized spacial score (nSPS) is 34.9. The second kappa shape index (κ2) is 4.19. The van der Waals surface area contributed by atoms with E-state index in [0.29, 0.717) is 10.8 Å². The van der Waals surface area contributed by atoms with Crippen LogP contribution in [-0.4, -0.2) is 6.54 Å². The van der Waals surface area contributed by atoms with Crippen molar-refractivity contribution in [3.63, 3.8) is 0 Å². The molecule has 0 amide bonds. The summed E-state index contributed by atoms with van der Waals surface area (Å²) in [6.07, 6.45) is 4.04. The van der Waals surface area contributed by atoms with Crippen LogP contribution in [0, 0.1) is 16.7 Å². The molecule has 1 aliphatic rings. The Morgan fingerprint density at radius 3 is 2.40 bits per heavy atom. The monoisotopic (exact) mass is 209 g/mol. The van der Waals surface area contributed by atoms with Gasteiger partial charge in [-0.1, -0.05) is 34.3 Å². The van der Waals surface area contributed by atoms with Gasteiger partial charge in [-0.2, -0.15) is 0 Å². The highest BCUT2D eigenvalue weighted by molar-refractivity contribution is 4.94. The van der Waals surface area contributed by atoms with Crippen molar-refractivity contribution < 1.29 is 0 Å². The first kappa shape index (κ1) is 12.6. The molecule has 0 radical (unpaired) electrons. The lowest BCUT2D eigenvalue weighted by Crippen LogP contribution is -2.41. The van der Waals surface area contributed by atoms with Gasteiger partial charge in [-0.3, -0.25) is 0 Å². The molecule has 1 rings (SSSR count). The van der Waals surface area contributed by atoms with E-state index in [1.807, 2.05) is 6.92 Å². The third-order valence-electron chi connectivity index (χ3n) is 3.46. The molecule has 2 atom stereocenters. The van der Waals surface area contributed by atoms with E-state index in [2.05, 4.69) is 39.6 Å². The summed E-state index contributed by atoms with van der Waals surface area (Å²) < 4.78 is 0. The summed E-state index contributed by atoms with van der Waals surface area (Å²) in [6.45, 7) is 16.7. The summed E-state index contributed by atoms with van der Waals surface area (Å²) in [5.41, 5.74) is 2.04. The molecule has 0 aromatic rings. The molecule has 0 aromatic heterocycles. The van der Waals surface area contributed by atoms with Crippen LogP contribution in [0.1, 0.15) is 53.9 Å². The number of rotatable bonds is 3. The zero-order valence-electron chi connectivity index (χ0n) is 11.1. The summed E-state index contributed by atoms with van der Waals surface area (Å²) >= 11 is 0. The van der Waals surface area contributed by atoms with Gasteiger partial charge in [0.25, 0.3) is 0 Å². The fourth-order valence-corrected chi connectivity index (χ4v) is 3.66. The van der Waals surface area contributed by atoms with E-state index in [1.165, 1.54) is 19.3 Å². The Morgan fingerprint density at radius 2 is 1.93 bits per heavy atom. The highest BCUT2D eigenvalue weighted by atomic mass is 14.9. The maximum Gasteiger partial charge on any atom is 0.0197 e. The maximum absolute atomic E-state index is 3.91. The van der Waals surface area contributed by atoms with Gasteiger partial charge in [0, 0.05) is 12.2 Å². The minimum Gasteiger partial charge on any atom is -0.388 e. The maximum atomic E-state index is 3.91. The van der Waals surface area contributed by atoms with Crippen LogP contribution in [0.2, 0.25) is 0 Å². The van der Waals surface area contributed by atoms with Crippen LogP contribution in [0.3, 0.4) is 0 Å².